The summed E-state index contributed by atoms with van der Waals surface area (Å²) in [6.45, 7) is 1.61. The Hall–Kier alpha value is -2.75. The summed E-state index contributed by atoms with van der Waals surface area (Å²) < 4.78 is 4.37. The molecule has 3 aliphatic rings. The molecule has 0 unspecified atom stereocenters. The van der Waals surface area contributed by atoms with Gasteiger partial charge in [-0.25, -0.2) is 19.7 Å². The normalized spacial score (nSPS) is 25.6. The van der Waals surface area contributed by atoms with Gasteiger partial charge in [0.1, 0.15) is 23.6 Å². The van der Waals surface area contributed by atoms with Gasteiger partial charge in [0.05, 0.1) is 5.39 Å². The van der Waals surface area contributed by atoms with E-state index in [2.05, 4.69) is 41.6 Å². The highest BCUT2D eigenvalue weighted by Crippen LogP contribution is 2.42. The molecule has 3 atom stereocenters. The van der Waals surface area contributed by atoms with Crippen LogP contribution in [-0.2, 0) is 0 Å². The highest BCUT2D eigenvalue weighted by Gasteiger charge is 2.44. The number of carbonyl (C=O) groups excluding carboxylic acids is 1. The van der Waals surface area contributed by atoms with Gasteiger partial charge >= 0.3 is 6.03 Å². The lowest BCUT2D eigenvalue weighted by atomic mass is 10.0. The van der Waals surface area contributed by atoms with Crippen molar-refractivity contribution in [3.05, 3.63) is 24.4 Å². The number of anilines is 2. The first-order valence-electron chi connectivity index (χ1n) is 10.6. The topological polar surface area (TPSA) is 103 Å². The molecule has 6 rings (SSSR count). The number of nitrogens with one attached hydrogen (secondary N) is 2. The Labute approximate surface area is 178 Å². The third-order valence-electron chi connectivity index (χ3n) is 6.83. The molecule has 9 nitrogen and oxygen atoms in total. The van der Waals surface area contributed by atoms with E-state index in [1.165, 1.54) is 24.4 Å². The summed E-state index contributed by atoms with van der Waals surface area (Å²) in [5, 5.41) is 4.63. The van der Waals surface area contributed by atoms with Crippen molar-refractivity contribution < 1.29 is 4.79 Å². The van der Waals surface area contributed by atoms with Gasteiger partial charge in [0.15, 0.2) is 0 Å². The maximum atomic E-state index is 12.7. The molecule has 0 aromatic carbocycles. The van der Waals surface area contributed by atoms with E-state index in [9.17, 15) is 4.79 Å². The molecule has 1 saturated heterocycles. The SMILES string of the molecule is CN(c1ncnc2[nH]ccc12)[C@@H]1C[C@@H]2CN(C(=O)Nc3nc(C4CC4)ns3)C[C@@H]2C1. The van der Waals surface area contributed by atoms with Gasteiger partial charge in [-0.05, 0) is 43.6 Å². The minimum Gasteiger partial charge on any atom is -0.356 e. The van der Waals surface area contributed by atoms with Gasteiger partial charge in [-0.3, -0.25) is 5.32 Å². The third kappa shape index (κ3) is 3.10. The fourth-order valence-electron chi connectivity index (χ4n) is 5.03. The van der Waals surface area contributed by atoms with Crippen LogP contribution < -0.4 is 10.2 Å². The Morgan fingerprint density at radius 2 is 2.07 bits per heavy atom. The molecule has 10 heteroatoms. The van der Waals surface area contributed by atoms with Gasteiger partial charge in [0.25, 0.3) is 0 Å². The fraction of sp³-hybridized carbons (Fsp3) is 0.550. The predicted octanol–water partition coefficient (Wildman–Crippen LogP) is 3.07. The Kier molecular flexibility index (Phi) is 4.15. The number of hydrogen-bond donors (Lipinski definition) is 2. The van der Waals surface area contributed by atoms with Gasteiger partial charge in [-0.2, -0.15) is 4.37 Å². The van der Waals surface area contributed by atoms with Crippen molar-refractivity contribution in [2.24, 2.45) is 11.8 Å². The first-order chi connectivity index (χ1) is 14.7. The fourth-order valence-corrected chi connectivity index (χ4v) is 5.66. The van der Waals surface area contributed by atoms with Crippen LogP contribution in [0.1, 0.15) is 37.4 Å². The molecule has 0 bridgehead atoms. The van der Waals surface area contributed by atoms with E-state index in [4.69, 9.17) is 0 Å². The second kappa shape index (κ2) is 6.90. The van der Waals surface area contributed by atoms with E-state index >= 15 is 0 Å². The van der Waals surface area contributed by atoms with Crippen molar-refractivity contribution in [3.63, 3.8) is 0 Å². The minimum atomic E-state index is -0.0439. The lowest BCUT2D eigenvalue weighted by molar-refractivity contribution is 0.218. The monoisotopic (exact) mass is 424 g/mol. The Morgan fingerprint density at radius 1 is 1.27 bits per heavy atom. The van der Waals surface area contributed by atoms with Gasteiger partial charge in [-0.15, -0.1) is 0 Å². The van der Waals surface area contributed by atoms with Crippen LogP contribution in [-0.4, -0.2) is 61.4 Å². The van der Waals surface area contributed by atoms with Crippen LogP contribution in [0.15, 0.2) is 18.6 Å². The van der Waals surface area contributed by atoms with Crippen LogP contribution in [0.25, 0.3) is 11.0 Å². The Bertz CT molecular complexity index is 1080. The molecule has 2 saturated carbocycles. The molecule has 1 aliphatic heterocycles. The maximum Gasteiger partial charge on any atom is 0.323 e. The van der Waals surface area contributed by atoms with E-state index in [0.29, 0.717) is 28.9 Å². The average Bonchev–Trinajstić information content (AvgIpc) is 3.12. The summed E-state index contributed by atoms with van der Waals surface area (Å²) in [5.41, 5.74) is 0.870. The van der Waals surface area contributed by atoms with Gasteiger partial charge in [0, 0.05) is 49.8 Å². The van der Waals surface area contributed by atoms with E-state index in [0.717, 1.165) is 48.6 Å². The summed E-state index contributed by atoms with van der Waals surface area (Å²) in [4.78, 5) is 33.4. The van der Waals surface area contributed by atoms with Crippen molar-refractivity contribution >= 4 is 39.5 Å². The van der Waals surface area contributed by atoms with Crippen molar-refractivity contribution in [2.45, 2.75) is 37.6 Å². The summed E-state index contributed by atoms with van der Waals surface area (Å²) >= 11 is 1.29. The third-order valence-corrected chi connectivity index (χ3v) is 7.47. The van der Waals surface area contributed by atoms with Crippen LogP contribution in [0.5, 0.6) is 0 Å². The first-order valence-corrected chi connectivity index (χ1v) is 11.3. The molecule has 0 spiro atoms. The van der Waals surface area contributed by atoms with E-state index in [1.807, 2.05) is 17.2 Å². The van der Waals surface area contributed by atoms with Crippen LogP contribution in [0.2, 0.25) is 0 Å². The van der Waals surface area contributed by atoms with E-state index in [1.54, 1.807) is 6.33 Å². The highest BCUT2D eigenvalue weighted by atomic mass is 32.1. The first kappa shape index (κ1) is 18.1. The average molecular weight is 425 g/mol. The zero-order valence-corrected chi connectivity index (χ0v) is 17.6. The van der Waals surface area contributed by atoms with Gasteiger partial charge in [-0.1, -0.05) is 0 Å². The number of likely N-dealkylation sites (tertiary alicyclic amines) is 1. The number of rotatable bonds is 4. The molecule has 3 fully saturated rings. The zero-order valence-electron chi connectivity index (χ0n) is 16.8. The van der Waals surface area contributed by atoms with Crippen LogP contribution in [0.3, 0.4) is 0 Å². The molecule has 3 aromatic rings. The molecule has 3 aromatic heterocycles. The number of fused-ring (bicyclic) bond motifs is 2. The summed E-state index contributed by atoms with van der Waals surface area (Å²) in [6.07, 6.45) is 8.01. The molecule has 2 aliphatic carbocycles. The number of urea groups is 1. The summed E-state index contributed by atoms with van der Waals surface area (Å²) in [7, 11) is 2.12. The number of H-pyrrole nitrogens is 1. The highest BCUT2D eigenvalue weighted by molar-refractivity contribution is 7.09. The molecule has 30 heavy (non-hydrogen) atoms. The number of amides is 2. The Balaban J connectivity index is 1.08. The molecular formula is C20H24N8OS. The largest absolute Gasteiger partial charge is 0.356 e. The van der Waals surface area contributed by atoms with Crippen molar-refractivity contribution in [2.75, 3.05) is 30.4 Å². The smallest absolute Gasteiger partial charge is 0.323 e. The Morgan fingerprint density at radius 3 is 2.83 bits per heavy atom. The minimum absolute atomic E-state index is 0.0439. The van der Waals surface area contributed by atoms with Crippen LogP contribution in [0, 0.1) is 11.8 Å². The molecule has 2 N–H and O–H groups in total. The predicted molar refractivity (Wildman–Crippen MR) is 115 cm³/mol. The van der Waals surface area contributed by atoms with Gasteiger partial charge in [0.2, 0.25) is 5.13 Å². The van der Waals surface area contributed by atoms with Crippen molar-refractivity contribution in [1.29, 1.82) is 0 Å². The van der Waals surface area contributed by atoms with Crippen LogP contribution in [0.4, 0.5) is 15.7 Å². The lowest BCUT2D eigenvalue weighted by Gasteiger charge is -2.27. The molecule has 4 heterocycles. The van der Waals surface area contributed by atoms with Crippen molar-refractivity contribution in [3.8, 4) is 0 Å². The zero-order chi connectivity index (χ0) is 20.2. The molecule has 2 amide bonds. The standard InChI is InChI=1S/C20H24N8OS/c1-27(18-15-4-5-21-17(15)22-10-23-18)14-6-12-8-28(9-13(12)7-14)20(29)25-19-24-16(26-30-19)11-2-3-11/h4-5,10-14H,2-3,6-9H2,1H3,(H,21,22,23)(H,24,25,26,29)/t12-,13+,14-. The second-order valence-electron chi connectivity index (χ2n) is 8.76. The quantitative estimate of drug-likeness (QED) is 0.667. The number of aromatic amines is 1. The lowest BCUT2D eigenvalue weighted by Crippen LogP contribution is -2.36. The van der Waals surface area contributed by atoms with Crippen LogP contribution >= 0.6 is 11.5 Å². The number of aromatic nitrogens is 5. The number of nitrogens with zero attached hydrogens (tertiary/aromatic N) is 6. The number of hydrogen-bond acceptors (Lipinski definition) is 7. The second-order valence-corrected chi connectivity index (χ2v) is 9.51. The molecule has 0 radical (unpaired) electrons. The van der Waals surface area contributed by atoms with Gasteiger partial charge < -0.3 is 14.8 Å². The molecule has 156 valence electrons. The number of carbonyl (C=O) groups is 1. The molecular weight excluding hydrogens is 400 g/mol. The summed E-state index contributed by atoms with van der Waals surface area (Å²) in [5.74, 6) is 3.44. The maximum absolute atomic E-state index is 12.7. The van der Waals surface area contributed by atoms with E-state index in [-0.39, 0.29) is 6.03 Å². The van der Waals surface area contributed by atoms with E-state index < -0.39 is 0 Å². The summed E-state index contributed by atoms with van der Waals surface area (Å²) in [6, 6.07) is 2.42. The van der Waals surface area contributed by atoms with Crippen molar-refractivity contribution in [1.82, 2.24) is 29.2 Å².